The molecule has 2 bridgehead atoms. The van der Waals surface area contributed by atoms with Crippen LogP contribution < -0.4 is 5.56 Å². The molecule has 0 amide bonds. The van der Waals surface area contributed by atoms with Crippen molar-refractivity contribution in [2.45, 2.75) is 32.0 Å². The van der Waals surface area contributed by atoms with E-state index in [1.165, 1.54) is 23.1 Å². The van der Waals surface area contributed by atoms with Crippen molar-refractivity contribution in [2.75, 3.05) is 27.2 Å². The Kier molecular flexibility index (Phi) is 4.37. The maximum absolute atomic E-state index is 13.0. The number of rotatable bonds is 4. The smallest absolute Gasteiger partial charge is 0.255 e. The highest BCUT2D eigenvalue weighted by molar-refractivity contribution is 5.77. The number of hydrogen-bond donors (Lipinski definition) is 0. The minimum Gasteiger partial charge on any atom is -0.464 e. The Labute approximate surface area is 165 Å². The molecule has 3 aromatic rings. The van der Waals surface area contributed by atoms with E-state index in [-0.39, 0.29) is 5.56 Å². The number of aromatic nitrogens is 1. The van der Waals surface area contributed by atoms with E-state index in [0.717, 1.165) is 37.3 Å². The molecular weight excluding hydrogens is 350 g/mol. The molecule has 0 N–H and O–H groups in total. The second-order valence-corrected chi connectivity index (χ2v) is 8.72. The molecule has 2 aliphatic rings. The van der Waals surface area contributed by atoms with Gasteiger partial charge in [-0.15, -0.1) is 0 Å². The summed E-state index contributed by atoms with van der Waals surface area (Å²) in [5.41, 5.74) is 4.60. The van der Waals surface area contributed by atoms with Crippen molar-refractivity contribution in [2.24, 2.45) is 5.92 Å². The van der Waals surface area contributed by atoms with Crippen LogP contribution in [0.1, 0.15) is 29.2 Å². The van der Waals surface area contributed by atoms with E-state index in [1.807, 2.05) is 26.2 Å². The van der Waals surface area contributed by atoms with Crippen molar-refractivity contribution in [3.63, 3.8) is 0 Å². The van der Waals surface area contributed by atoms with Gasteiger partial charge in [0.25, 0.3) is 5.56 Å². The quantitative estimate of drug-likeness (QED) is 0.700. The first kappa shape index (κ1) is 17.7. The third kappa shape index (κ3) is 3.19. The van der Waals surface area contributed by atoms with Crippen molar-refractivity contribution in [1.82, 2.24) is 14.4 Å². The number of likely N-dealkylation sites (tertiary alicyclic amines) is 1. The van der Waals surface area contributed by atoms with Gasteiger partial charge in [0, 0.05) is 55.3 Å². The lowest BCUT2D eigenvalue weighted by Crippen LogP contribution is -2.47. The molecule has 2 aliphatic heterocycles. The van der Waals surface area contributed by atoms with Gasteiger partial charge in [-0.1, -0.05) is 12.1 Å². The molecule has 0 spiro atoms. The minimum atomic E-state index is 0.208. The molecule has 5 nitrogen and oxygen atoms in total. The monoisotopic (exact) mass is 377 g/mol. The third-order valence-corrected chi connectivity index (χ3v) is 6.17. The maximum atomic E-state index is 13.0. The Bertz CT molecular complexity index is 1070. The first-order valence-electron chi connectivity index (χ1n) is 10.1. The van der Waals surface area contributed by atoms with Crippen molar-refractivity contribution < 1.29 is 4.42 Å². The predicted molar refractivity (Wildman–Crippen MR) is 110 cm³/mol. The van der Waals surface area contributed by atoms with Crippen LogP contribution in [0.4, 0.5) is 0 Å². The fourth-order valence-corrected chi connectivity index (χ4v) is 5.05. The lowest BCUT2D eigenvalue weighted by Gasteiger charge is -2.43. The van der Waals surface area contributed by atoms with E-state index in [2.05, 4.69) is 38.6 Å². The highest BCUT2D eigenvalue weighted by atomic mass is 16.3. The number of benzene rings is 1. The first-order chi connectivity index (χ1) is 13.6. The zero-order chi connectivity index (χ0) is 19.3. The zero-order valence-electron chi connectivity index (χ0n) is 16.6. The van der Waals surface area contributed by atoms with Crippen LogP contribution in [0.25, 0.3) is 11.0 Å². The Balaban J connectivity index is 1.38. The summed E-state index contributed by atoms with van der Waals surface area (Å²) in [7, 11) is 4.02. The van der Waals surface area contributed by atoms with Crippen molar-refractivity contribution >= 4 is 11.0 Å². The number of piperidine rings is 1. The molecule has 2 aromatic heterocycles. The summed E-state index contributed by atoms with van der Waals surface area (Å²) in [5.74, 6) is 1.00. The first-order valence-corrected chi connectivity index (χ1v) is 10.1. The summed E-state index contributed by atoms with van der Waals surface area (Å²) < 4.78 is 7.52. The second-order valence-electron chi connectivity index (χ2n) is 8.72. The van der Waals surface area contributed by atoms with Crippen LogP contribution in [-0.4, -0.2) is 41.6 Å². The standard InChI is InChI=1S/C23H27N3O2/c1-24(2)14-19-4-5-21-20-10-17(13-26(21)23(19)27)12-25(15-20)11-16-3-6-22-18(9-16)7-8-28-22/h3-9,17,20H,10-15H2,1-2H3/t17-,20+/m0/s1. The van der Waals surface area contributed by atoms with Gasteiger partial charge in [0.1, 0.15) is 5.58 Å². The lowest BCUT2D eigenvalue weighted by molar-refractivity contribution is 0.114. The fourth-order valence-electron chi connectivity index (χ4n) is 5.05. The summed E-state index contributed by atoms with van der Waals surface area (Å²) in [5, 5.41) is 1.17. The van der Waals surface area contributed by atoms with Crippen LogP contribution in [0.15, 0.2) is 51.9 Å². The minimum absolute atomic E-state index is 0.208. The molecule has 5 heteroatoms. The fraction of sp³-hybridized carbons (Fsp3) is 0.435. The molecule has 0 aliphatic carbocycles. The average molecular weight is 377 g/mol. The Morgan fingerprint density at radius 3 is 2.86 bits per heavy atom. The van der Waals surface area contributed by atoms with Crippen molar-refractivity contribution in [3.8, 4) is 0 Å². The number of pyridine rings is 1. The number of fused-ring (bicyclic) bond motifs is 5. The molecule has 28 heavy (non-hydrogen) atoms. The van der Waals surface area contributed by atoms with Crippen LogP contribution in [-0.2, 0) is 19.6 Å². The van der Waals surface area contributed by atoms with Gasteiger partial charge < -0.3 is 13.9 Å². The van der Waals surface area contributed by atoms with Gasteiger partial charge in [-0.2, -0.15) is 0 Å². The number of nitrogens with zero attached hydrogens (tertiary/aromatic N) is 3. The van der Waals surface area contributed by atoms with E-state index < -0.39 is 0 Å². The van der Waals surface area contributed by atoms with Crippen LogP contribution in [0.2, 0.25) is 0 Å². The molecule has 0 radical (unpaired) electrons. The van der Waals surface area contributed by atoms with Crippen LogP contribution in [0, 0.1) is 5.92 Å². The van der Waals surface area contributed by atoms with Gasteiger partial charge in [0.05, 0.1) is 6.26 Å². The highest BCUT2D eigenvalue weighted by Gasteiger charge is 2.34. The molecule has 4 heterocycles. The van der Waals surface area contributed by atoms with Gasteiger partial charge in [0.15, 0.2) is 0 Å². The second kappa shape index (κ2) is 6.90. The normalized spacial score (nSPS) is 22.0. The van der Waals surface area contributed by atoms with Crippen LogP contribution in [0.3, 0.4) is 0 Å². The molecule has 0 saturated carbocycles. The Hall–Kier alpha value is -2.37. The summed E-state index contributed by atoms with van der Waals surface area (Å²) in [6.45, 7) is 4.59. The van der Waals surface area contributed by atoms with Gasteiger partial charge >= 0.3 is 0 Å². The maximum Gasteiger partial charge on any atom is 0.255 e. The third-order valence-electron chi connectivity index (χ3n) is 6.17. The van der Waals surface area contributed by atoms with Gasteiger partial charge in [-0.05, 0) is 56.3 Å². The van der Waals surface area contributed by atoms with Crippen molar-refractivity contribution in [1.29, 1.82) is 0 Å². The number of hydrogen-bond acceptors (Lipinski definition) is 4. The van der Waals surface area contributed by atoms with Gasteiger partial charge in [-0.3, -0.25) is 9.69 Å². The average Bonchev–Trinajstić information content (AvgIpc) is 3.12. The highest BCUT2D eigenvalue weighted by Crippen LogP contribution is 2.36. The summed E-state index contributed by atoms with van der Waals surface area (Å²) in [6.07, 6.45) is 2.95. The lowest BCUT2D eigenvalue weighted by atomic mass is 9.82. The molecule has 2 atom stereocenters. The van der Waals surface area contributed by atoms with Gasteiger partial charge in [-0.25, -0.2) is 0 Å². The van der Waals surface area contributed by atoms with E-state index in [0.29, 0.717) is 18.4 Å². The van der Waals surface area contributed by atoms with E-state index in [4.69, 9.17) is 4.42 Å². The predicted octanol–water partition coefficient (Wildman–Crippen LogP) is 3.28. The molecule has 1 fully saturated rings. The Morgan fingerprint density at radius 1 is 1.11 bits per heavy atom. The molecule has 1 aromatic carbocycles. The Morgan fingerprint density at radius 2 is 2.00 bits per heavy atom. The summed E-state index contributed by atoms with van der Waals surface area (Å²) in [6, 6.07) is 12.7. The topological polar surface area (TPSA) is 41.6 Å². The molecular formula is C23H27N3O2. The van der Waals surface area contributed by atoms with Crippen LogP contribution in [0.5, 0.6) is 0 Å². The largest absolute Gasteiger partial charge is 0.464 e. The van der Waals surface area contributed by atoms with Crippen molar-refractivity contribution in [3.05, 3.63) is 69.8 Å². The number of furan rings is 1. The molecule has 5 rings (SSSR count). The summed E-state index contributed by atoms with van der Waals surface area (Å²) in [4.78, 5) is 17.6. The van der Waals surface area contributed by atoms with Crippen LogP contribution >= 0.6 is 0 Å². The van der Waals surface area contributed by atoms with E-state index >= 15 is 0 Å². The van der Waals surface area contributed by atoms with E-state index in [1.54, 1.807) is 6.26 Å². The molecule has 0 unspecified atom stereocenters. The summed E-state index contributed by atoms with van der Waals surface area (Å²) >= 11 is 0. The zero-order valence-corrected chi connectivity index (χ0v) is 16.6. The molecule has 1 saturated heterocycles. The molecule has 146 valence electrons. The SMILES string of the molecule is CN(C)Cc1ccc2n(c1=O)C[C@H]1C[C@@H]2CN(Cc2ccc3occc3c2)C1. The van der Waals surface area contributed by atoms with Gasteiger partial charge in [0.2, 0.25) is 0 Å². The van der Waals surface area contributed by atoms with E-state index in [9.17, 15) is 4.79 Å².